The second kappa shape index (κ2) is 34.0. The number of halogens is 2. The van der Waals surface area contributed by atoms with E-state index in [0.29, 0.717) is 6.04 Å². The lowest BCUT2D eigenvalue weighted by atomic mass is 10.0. The van der Waals surface area contributed by atoms with Crippen molar-refractivity contribution >= 4 is 29.6 Å². The molecule has 0 bridgehead atoms. The summed E-state index contributed by atoms with van der Waals surface area (Å²) in [5.74, 6) is 0. The van der Waals surface area contributed by atoms with E-state index in [2.05, 4.69) is 6.92 Å². The van der Waals surface area contributed by atoms with Gasteiger partial charge in [0.25, 0.3) is 0 Å². The molecule has 0 rings (SSSR count). The first-order valence-electron chi connectivity index (χ1n) is 17.6. The Morgan fingerprint density at radius 2 is 0.605 bits per heavy atom. The van der Waals surface area contributed by atoms with Gasteiger partial charge in [-0.15, -0.1) is 0 Å². The second-order valence-electron chi connectivity index (χ2n) is 12.3. The number of rotatable bonds is 33. The number of unbranched alkanes of at least 4 members (excludes halogenated alkanes) is 29. The van der Waals surface area contributed by atoms with Crippen LogP contribution in [0, 0.1) is 0 Å². The van der Waals surface area contributed by atoms with E-state index in [-0.39, 0.29) is 6.10 Å². The standard InChI is InChI=1S/C34H70Cl2OSi/c1-2-3-4-5-6-7-8-9-10-11-12-13-14-15-16-17-18-19-20-21-22-23-24-25-26-27-28-29-30-31-32-34(37)33-38(35)36/h34,37-38H,2-33H2,1H3. The Labute approximate surface area is 252 Å². The largest absolute Gasteiger partial charge is 0.393 e. The summed E-state index contributed by atoms with van der Waals surface area (Å²) < 4.78 is 0. The molecule has 0 heterocycles. The third-order valence-corrected chi connectivity index (χ3v) is 10.3. The maximum Gasteiger partial charge on any atom is 0.239 e. The van der Waals surface area contributed by atoms with Crippen molar-refractivity contribution in [3.63, 3.8) is 0 Å². The third-order valence-electron chi connectivity index (χ3n) is 8.34. The molecule has 0 saturated carbocycles. The van der Waals surface area contributed by atoms with Gasteiger partial charge in [0.05, 0.1) is 6.10 Å². The Balaban J connectivity index is 3.06. The fourth-order valence-electron chi connectivity index (χ4n) is 5.73. The Morgan fingerprint density at radius 3 is 0.816 bits per heavy atom. The Bertz CT molecular complexity index is 421. The van der Waals surface area contributed by atoms with Crippen molar-refractivity contribution in [1.82, 2.24) is 0 Å². The molecule has 0 aliphatic heterocycles. The molecule has 0 radical (unpaired) electrons. The maximum atomic E-state index is 9.79. The van der Waals surface area contributed by atoms with Crippen LogP contribution in [0.3, 0.4) is 0 Å². The van der Waals surface area contributed by atoms with Gasteiger partial charge in [-0.2, -0.15) is 22.2 Å². The number of hydrogen-bond donors (Lipinski definition) is 1. The van der Waals surface area contributed by atoms with Gasteiger partial charge in [-0.25, -0.2) is 0 Å². The van der Waals surface area contributed by atoms with Crippen LogP contribution in [0.4, 0.5) is 0 Å². The predicted molar refractivity (Wildman–Crippen MR) is 178 cm³/mol. The number of hydrogen-bond acceptors (Lipinski definition) is 1. The van der Waals surface area contributed by atoms with Crippen LogP contribution in [0.2, 0.25) is 6.04 Å². The van der Waals surface area contributed by atoms with E-state index in [1.165, 1.54) is 186 Å². The minimum Gasteiger partial charge on any atom is -0.393 e. The van der Waals surface area contributed by atoms with Crippen LogP contribution in [-0.2, 0) is 0 Å². The molecule has 0 fully saturated rings. The fourth-order valence-corrected chi connectivity index (χ4v) is 7.61. The maximum absolute atomic E-state index is 9.79. The van der Waals surface area contributed by atoms with Gasteiger partial charge in [0.15, 0.2) is 0 Å². The molecule has 0 saturated heterocycles. The first kappa shape index (κ1) is 38.8. The Hall–Kier alpha value is 0.757. The smallest absolute Gasteiger partial charge is 0.239 e. The summed E-state index contributed by atoms with van der Waals surface area (Å²) >= 11 is 11.7. The van der Waals surface area contributed by atoms with Crippen LogP contribution in [0.15, 0.2) is 0 Å². The summed E-state index contributed by atoms with van der Waals surface area (Å²) in [6.45, 7) is 2.30. The number of aliphatic hydroxyl groups excluding tert-OH is 1. The third kappa shape index (κ3) is 34.8. The molecule has 1 atom stereocenters. The molecule has 0 aromatic heterocycles. The molecule has 38 heavy (non-hydrogen) atoms. The monoisotopic (exact) mass is 592 g/mol. The van der Waals surface area contributed by atoms with E-state index in [1.807, 2.05) is 0 Å². The lowest BCUT2D eigenvalue weighted by molar-refractivity contribution is 0.180. The summed E-state index contributed by atoms with van der Waals surface area (Å²) in [4.78, 5) is 0. The summed E-state index contributed by atoms with van der Waals surface area (Å²) in [7, 11) is -1.64. The minimum atomic E-state index is -1.64. The van der Waals surface area contributed by atoms with Crippen LogP contribution >= 0.6 is 22.2 Å². The molecular formula is C34H70Cl2OSi. The van der Waals surface area contributed by atoms with Crippen molar-refractivity contribution < 1.29 is 5.11 Å². The van der Waals surface area contributed by atoms with E-state index in [0.717, 1.165) is 12.8 Å². The molecule has 230 valence electrons. The average molecular weight is 594 g/mol. The highest BCUT2D eigenvalue weighted by Gasteiger charge is 2.10. The second-order valence-corrected chi connectivity index (χ2v) is 17.4. The van der Waals surface area contributed by atoms with Crippen LogP contribution in [-0.4, -0.2) is 18.6 Å². The van der Waals surface area contributed by atoms with Gasteiger partial charge in [-0.05, 0) is 12.5 Å². The van der Waals surface area contributed by atoms with Gasteiger partial charge >= 0.3 is 0 Å². The van der Waals surface area contributed by atoms with E-state index in [9.17, 15) is 5.11 Å². The molecule has 0 amide bonds. The van der Waals surface area contributed by atoms with Crippen LogP contribution in [0.5, 0.6) is 0 Å². The highest BCUT2D eigenvalue weighted by atomic mass is 35.7. The summed E-state index contributed by atoms with van der Waals surface area (Å²) in [6.07, 6.45) is 43.6. The van der Waals surface area contributed by atoms with E-state index in [4.69, 9.17) is 22.2 Å². The van der Waals surface area contributed by atoms with Gasteiger partial charge in [0, 0.05) is 0 Å². The SMILES string of the molecule is CCCCCCCCCCCCCCCCCCCCCCCCCCCCCCCCC(O)C[SiH](Cl)Cl. The summed E-state index contributed by atoms with van der Waals surface area (Å²) in [5, 5.41) is 9.79. The molecule has 1 nitrogen and oxygen atoms in total. The van der Waals surface area contributed by atoms with Crippen LogP contribution in [0.1, 0.15) is 206 Å². The van der Waals surface area contributed by atoms with Crippen molar-refractivity contribution in [1.29, 1.82) is 0 Å². The van der Waals surface area contributed by atoms with Crippen molar-refractivity contribution in [2.75, 3.05) is 0 Å². The molecule has 0 aromatic carbocycles. The quantitative estimate of drug-likeness (QED) is 0.0456. The fraction of sp³-hybridized carbons (Fsp3) is 1.00. The zero-order valence-corrected chi connectivity index (χ0v) is 28.7. The molecule has 0 aliphatic rings. The van der Waals surface area contributed by atoms with E-state index >= 15 is 0 Å². The summed E-state index contributed by atoms with van der Waals surface area (Å²) in [6, 6.07) is 0.642. The van der Waals surface area contributed by atoms with Crippen molar-refractivity contribution in [2.24, 2.45) is 0 Å². The molecule has 0 aliphatic carbocycles. The molecule has 1 unspecified atom stereocenters. The molecule has 4 heteroatoms. The average Bonchev–Trinajstić information content (AvgIpc) is 2.89. The first-order valence-corrected chi connectivity index (χ1v) is 21.9. The number of aliphatic hydroxyl groups is 1. The highest BCUT2D eigenvalue weighted by Crippen LogP contribution is 2.17. The molecule has 1 N–H and O–H groups in total. The Morgan fingerprint density at radius 1 is 0.395 bits per heavy atom. The molecule has 0 aromatic rings. The minimum absolute atomic E-state index is 0.263. The van der Waals surface area contributed by atoms with Gasteiger partial charge in [-0.1, -0.05) is 200 Å². The van der Waals surface area contributed by atoms with Crippen LogP contribution in [0.25, 0.3) is 0 Å². The van der Waals surface area contributed by atoms with Crippen LogP contribution < -0.4 is 0 Å². The van der Waals surface area contributed by atoms with E-state index in [1.54, 1.807) is 0 Å². The Kier molecular flexibility index (Phi) is 34.6. The zero-order valence-electron chi connectivity index (χ0n) is 26.0. The lowest BCUT2D eigenvalue weighted by Crippen LogP contribution is -2.11. The molecular weight excluding hydrogens is 523 g/mol. The van der Waals surface area contributed by atoms with Gasteiger partial charge in [0.2, 0.25) is 7.42 Å². The molecule has 0 spiro atoms. The van der Waals surface area contributed by atoms with E-state index < -0.39 is 7.42 Å². The van der Waals surface area contributed by atoms with Crippen molar-refractivity contribution in [3.8, 4) is 0 Å². The van der Waals surface area contributed by atoms with Crippen molar-refractivity contribution in [2.45, 2.75) is 218 Å². The highest BCUT2D eigenvalue weighted by molar-refractivity contribution is 7.33. The van der Waals surface area contributed by atoms with Gasteiger partial charge in [0.1, 0.15) is 0 Å². The topological polar surface area (TPSA) is 20.2 Å². The first-order chi connectivity index (χ1) is 18.7. The van der Waals surface area contributed by atoms with Gasteiger partial charge < -0.3 is 5.11 Å². The summed E-state index contributed by atoms with van der Waals surface area (Å²) in [5.41, 5.74) is 0. The van der Waals surface area contributed by atoms with Crippen molar-refractivity contribution in [3.05, 3.63) is 0 Å². The van der Waals surface area contributed by atoms with Gasteiger partial charge in [-0.3, -0.25) is 0 Å². The zero-order chi connectivity index (χ0) is 27.8. The lowest BCUT2D eigenvalue weighted by Gasteiger charge is -2.09. The predicted octanol–water partition coefficient (Wildman–Crippen LogP) is 13.2. The normalized spacial score (nSPS) is 12.6.